The molecule has 0 fully saturated rings. The molecule has 0 aliphatic heterocycles. The molecule has 0 saturated carbocycles. The Morgan fingerprint density at radius 1 is 0.783 bits per heavy atom. The van der Waals surface area contributed by atoms with Gasteiger partial charge >= 0.3 is 0 Å². The van der Waals surface area contributed by atoms with Crippen molar-refractivity contribution >= 4 is 50.7 Å². The number of carbonyl (C=O) groups is 2. The Hall–Kier alpha value is -3.85. The minimum Gasteiger partial charge on any atom is -0.354 e. The van der Waals surface area contributed by atoms with E-state index in [2.05, 4.69) is 5.32 Å². The highest BCUT2D eigenvalue weighted by Crippen LogP contribution is 2.29. The molecule has 1 atom stereocenters. The predicted octanol–water partition coefficient (Wildman–Crippen LogP) is 7.31. The third kappa shape index (κ3) is 8.90. The summed E-state index contributed by atoms with van der Waals surface area (Å²) >= 11 is 13.2. The lowest BCUT2D eigenvalue weighted by Gasteiger charge is -2.34. The molecule has 242 valence electrons. The fraction of sp³-hybridized carbons (Fsp3) is 0.278. The Morgan fingerprint density at radius 2 is 1.39 bits per heavy atom. The lowest BCUT2D eigenvalue weighted by molar-refractivity contribution is -0.140. The van der Waals surface area contributed by atoms with Crippen LogP contribution >= 0.6 is 23.2 Å². The third-order valence-corrected chi connectivity index (χ3v) is 10.2. The van der Waals surface area contributed by atoms with Crippen LogP contribution in [0.3, 0.4) is 0 Å². The molecule has 0 saturated heterocycles. The van der Waals surface area contributed by atoms with Crippen molar-refractivity contribution in [3.05, 3.63) is 130 Å². The minimum absolute atomic E-state index is 0.0428. The predicted molar refractivity (Wildman–Crippen MR) is 186 cm³/mol. The number of rotatable bonds is 15. The molecule has 0 spiro atoms. The van der Waals surface area contributed by atoms with Crippen LogP contribution in [-0.4, -0.2) is 44.3 Å². The molecule has 0 bridgehead atoms. The van der Waals surface area contributed by atoms with Crippen molar-refractivity contribution in [2.24, 2.45) is 0 Å². The van der Waals surface area contributed by atoms with Crippen LogP contribution in [0, 0.1) is 0 Å². The van der Waals surface area contributed by atoms with Gasteiger partial charge in [0.05, 0.1) is 10.6 Å². The summed E-state index contributed by atoms with van der Waals surface area (Å²) in [6.07, 6.45) is 2.62. The fourth-order valence-electron chi connectivity index (χ4n) is 5.06. The van der Waals surface area contributed by atoms with Crippen LogP contribution in [0.25, 0.3) is 0 Å². The topological polar surface area (TPSA) is 86.8 Å². The van der Waals surface area contributed by atoms with Gasteiger partial charge in [-0.1, -0.05) is 110 Å². The van der Waals surface area contributed by atoms with Gasteiger partial charge in [0.1, 0.15) is 12.6 Å². The van der Waals surface area contributed by atoms with Crippen LogP contribution in [0.15, 0.2) is 108 Å². The van der Waals surface area contributed by atoms with Gasteiger partial charge in [-0.25, -0.2) is 8.42 Å². The monoisotopic (exact) mass is 679 g/mol. The number of amides is 2. The van der Waals surface area contributed by atoms with Gasteiger partial charge < -0.3 is 10.2 Å². The Balaban J connectivity index is 1.81. The van der Waals surface area contributed by atoms with E-state index in [1.165, 1.54) is 17.0 Å². The van der Waals surface area contributed by atoms with Crippen LogP contribution in [-0.2, 0) is 39.0 Å². The number of carbonyl (C=O) groups excluding carboxylic acids is 2. The van der Waals surface area contributed by atoms with Crippen molar-refractivity contribution in [2.75, 3.05) is 17.4 Å². The molecular formula is C36H39Cl2N3O4S. The fourth-order valence-corrected chi connectivity index (χ4v) is 7.01. The van der Waals surface area contributed by atoms with Gasteiger partial charge in [-0.15, -0.1) is 0 Å². The number of nitrogens with one attached hydrogen (secondary N) is 1. The van der Waals surface area contributed by atoms with Crippen LogP contribution in [0.1, 0.15) is 43.4 Å². The number of unbranched alkanes of at least 4 members (excludes halogenated alkanes) is 1. The van der Waals surface area contributed by atoms with E-state index >= 15 is 0 Å². The van der Waals surface area contributed by atoms with Crippen LogP contribution in [0.2, 0.25) is 10.0 Å². The molecule has 1 N–H and O–H groups in total. The van der Waals surface area contributed by atoms with Gasteiger partial charge in [0.25, 0.3) is 10.0 Å². The van der Waals surface area contributed by atoms with Crippen LogP contribution < -0.4 is 9.62 Å². The smallest absolute Gasteiger partial charge is 0.264 e. The average Bonchev–Trinajstić information content (AvgIpc) is 3.07. The molecule has 46 heavy (non-hydrogen) atoms. The van der Waals surface area contributed by atoms with Crippen molar-refractivity contribution in [3.63, 3.8) is 0 Å². The molecule has 4 aromatic carbocycles. The highest BCUT2D eigenvalue weighted by atomic mass is 35.5. The molecule has 0 aliphatic carbocycles. The summed E-state index contributed by atoms with van der Waals surface area (Å²) in [6.45, 7) is 3.81. The summed E-state index contributed by atoms with van der Waals surface area (Å²) in [7, 11) is -4.18. The van der Waals surface area contributed by atoms with Crippen molar-refractivity contribution in [1.29, 1.82) is 0 Å². The van der Waals surface area contributed by atoms with Gasteiger partial charge in [0.2, 0.25) is 11.8 Å². The lowest BCUT2D eigenvalue weighted by atomic mass is 10.0. The molecule has 0 aliphatic rings. The first-order valence-corrected chi connectivity index (χ1v) is 17.6. The van der Waals surface area contributed by atoms with E-state index in [9.17, 15) is 18.0 Å². The first kappa shape index (κ1) is 35.0. The molecule has 7 nitrogen and oxygen atoms in total. The number of nitrogens with zero attached hydrogens (tertiary/aromatic N) is 2. The summed E-state index contributed by atoms with van der Waals surface area (Å²) in [5.74, 6) is -0.930. The maximum Gasteiger partial charge on any atom is 0.264 e. The second kappa shape index (κ2) is 16.6. The number of hydrogen-bond acceptors (Lipinski definition) is 4. The van der Waals surface area contributed by atoms with Gasteiger partial charge in [-0.3, -0.25) is 13.9 Å². The van der Waals surface area contributed by atoms with E-state index in [1.54, 1.807) is 48.5 Å². The highest BCUT2D eigenvalue weighted by Gasteiger charge is 2.35. The summed E-state index contributed by atoms with van der Waals surface area (Å²) < 4.78 is 29.3. The Bertz CT molecular complexity index is 1680. The normalized spacial score (nSPS) is 11.9. The highest BCUT2D eigenvalue weighted by molar-refractivity contribution is 7.92. The molecule has 0 aromatic heterocycles. The van der Waals surface area contributed by atoms with Crippen molar-refractivity contribution < 1.29 is 18.0 Å². The van der Waals surface area contributed by atoms with E-state index in [0.29, 0.717) is 27.8 Å². The van der Waals surface area contributed by atoms with E-state index < -0.39 is 28.5 Å². The summed E-state index contributed by atoms with van der Waals surface area (Å²) in [5, 5.41) is 3.64. The molecule has 4 aromatic rings. The van der Waals surface area contributed by atoms with E-state index in [4.69, 9.17) is 23.2 Å². The zero-order valence-corrected chi connectivity index (χ0v) is 28.4. The molecule has 10 heteroatoms. The first-order chi connectivity index (χ1) is 22.1. The van der Waals surface area contributed by atoms with Gasteiger partial charge in [0.15, 0.2) is 0 Å². The molecule has 2 amide bonds. The van der Waals surface area contributed by atoms with Gasteiger partial charge in [-0.2, -0.15) is 0 Å². The van der Waals surface area contributed by atoms with Crippen LogP contribution in [0.4, 0.5) is 5.69 Å². The van der Waals surface area contributed by atoms with Crippen molar-refractivity contribution in [1.82, 2.24) is 10.2 Å². The number of aryl methyl sites for hydroxylation is 1. The van der Waals surface area contributed by atoms with E-state index in [1.807, 2.05) is 56.3 Å². The number of anilines is 1. The van der Waals surface area contributed by atoms with E-state index in [-0.39, 0.29) is 23.8 Å². The Morgan fingerprint density at radius 3 is 1.98 bits per heavy atom. The zero-order chi connectivity index (χ0) is 33.1. The van der Waals surface area contributed by atoms with Crippen molar-refractivity contribution in [2.45, 2.75) is 57.0 Å². The Kier molecular flexibility index (Phi) is 12.7. The Labute approximate surface area is 282 Å². The molecule has 0 radical (unpaired) electrons. The maximum atomic E-state index is 14.6. The van der Waals surface area contributed by atoms with Gasteiger partial charge in [-0.05, 0) is 60.4 Å². The molecule has 0 unspecified atom stereocenters. The quantitative estimate of drug-likeness (QED) is 0.134. The summed E-state index contributed by atoms with van der Waals surface area (Å²) in [5.41, 5.74) is 2.65. The minimum atomic E-state index is -4.18. The molecule has 4 rings (SSSR count). The number of halogens is 2. The van der Waals surface area contributed by atoms with Gasteiger partial charge in [0, 0.05) is 35.1 Å². The number of sulfonamides is 1. The third-order valence-electron chi connectivity index (χ3n) is 7.73. The summed E-state index contributed by atoms with van der Waals surface area (Å²) in [6, 6.07) is 28.5. The number of benzene rings is 4. The molecular weight excluding hydrogens is 641 g/mol. The summed E-state index contributed by atoms with van der Waals surface area (Å²) in [4.78, 5) is 29.9. The lowest BCUT2D eigenvalue weighted by Crippen LogP contribution is -2.53. The molecule has 0 heterocycles. The van der Waals surface area contributed by atoms with Crippen LogP contribution in [0.5, 0.6) is 0 Å². The van der Waals surface area contributed by atoms with Crippen molar-refractivity contribution in [3.8, 4) is 0 Å². The van der Waals surface area contributed by atoms with E-state index in [0.717, 1.165) is 34.7 Å². The largest absolute Gasteiger partial charge is 0.354 e. The second-order valence-electron chi connectivity index (χ2n) is 10.9. The first-order valence-electron chi connectivity index (χ1n) is 15.4. The second-order valence-corrected chi connectivity index (χ2v) is 13.6. The SMILES string of the molecule is CCCCNC(=O)[C@H](Cc1ccccc1)N(Cc1c(Cl)cccc1Cl)C(=O)CN(c1ccc(CC)cc1)S(=O)(=O)c1ccccc1. The average molecular weight is 681 g/mol. The zero-order valence-electron chi connectivity index (χ0n) is 26.0. The number of hydrogen-bond donors (Lipinski definition) is 1. The maximum absolute atomic E-state index is 14.6. The standard InChI is InChI=1S/C36H39Cl2N3O4S/c1-3-5-23-39-36(43)34(24-28-13-8-6-9-14-28)40(25-31-32(37)17-12-18-33(31)38)35(42)26-41(29-21-19-27(4-2)20-22-29)46(44,45)30-15-10-7-11-16-30/h6-22,34H,3-5,23-26H2,1-2H3,(H,39,43)/t34-/m0/s1.